The van der Waals surface area contributed by atoms with Gasteiger partial charge in [0, 0.05) is 6.42 Å². The van der Waals surface area contributed by atoms with E-state index in [1.54, 1.807) is 38.8 Å². The molecule has 0 spiro atoms. The number of hydrogen-bond acceptors (Lipinski definition) is 8. The van der Waals surface area contributed by atoms with Crippen LogP contribution in [0.25, 0.3) is 0 Å². The molecule has 0 aliphatic carbocycles. The molecule has 0 radical (unpaired) electrons. The molecule has 3 atom stereocenters. The van der Waals surface area contributed by atoms with E-state index in [0.29, 0.717) is 6.42 Å². The van der Waals surface area contributed by atoms with E-state index in [1.807, 2.05) is 6.26 Å². The van der Waals surface area contributed by atoms with Crippen molar-refractivity contribution in [2.75, 3.05) is 18.3 Å². The van der Waals surface area contributed by atoms with Gasteiger partial charge in [0.15, 0.2) is 6.10 Å². The van der Waals surface area contributed by atoms with Crippen LogP contribution < -0.4 is 0 Å². The summed E-state index contributed by atoms with van der Waals surface area (Å²) in [4.78, 5) is 24.1. The first-order valence-corrected chi connectivity index (χ1v) is 10.2. The SMILES string of the molecule is CSCCC1OC(OC(=O)CCC(O)SC)(C(C)(C)C)OC1=O. The standard InChI is InChI=1S/C15H26O6S2/c1-14(2,3)15(20-11(16)6-7-12(17)23-5)19-10(8-9-22-4)13(18)21-15/h10,12,17H,6-9H2,1-5H3. The van der Waals surface area contributed by atoms with Gasteiger partial charge in [-0.25, -0.2) is 4.79 Å². The van der Waals surface area contributed by atoms with Gasteiger partial charge in [0.2, 0.25) is 0 Å². The lowest BCUT2D eigenvalue weighted by Gasteiger charge is -2.36. The highest BCUT2D eigenvalue weighted by molar-refractivity contribution is 7.99. The van der Waals surface area contributed by atoms with Gasteiger partial charge in [0.25, 0.3) is 0 Å². The van der Waals surface area contributed by atoms with Gasteiger partial charge in [-0.3, -0.25) is 9.53 Å². The summed E-state index contributed by atoms with van der Waals surface area (Å²) in [5.41, 5.74) is -1.36. The normalized spacial score (nSPS) is 26.0. The van der Waals surface area contributed by atoms with Gasteiger partial charge >= 0.3 is 17.9 Å². The van der Waals surface area contributed by atoms with Crippen LogP contribution >= 0.6 is 23.5 Å². The highest BCUT2D eigenvalue weighted by Crippen LogP contribution is 2.42. The van der Waals surface area contributed by atoms with Crippen LogP contribution in [0.3, 0.4) is 0 Å². The number of hydrogen-bond donors (Lipinski definition) is 1. The topological polar surface area (TPSA) is 82.1 Å². The highest BCUT2D eigenvalue weighted by atomic mass is 32.2. The molecule has 3 unspecified atom stereocenters. The third kappa shape index (κ3) is 5.55. The molecule has 0 aromatic rings. The fraction of sp³-hybridized carbons (Fsp3) is 0.867. The number of esters is 2. The fourth-order valence-electron chi connectivity index (χ4n) is 1.95. The third-order valence-electron chi connectivity index (χ3n) is 3.41. The maximum Gasteiger partial charge on any atom is 0.381 e. The second-order valence-corrected chi connectivity index (χ2v) is 8.32. The molecule has 134 valence electrons. The summed E-state index contributed by atoms with van der Waals surface area (Å²) < 4.78 is 16.5. The predicted octanol–water partition coefficient (Wildman–Crippen LogP) is 2.39. The van der Waals surface area contributed by atoms with Gasteiger partial charge in [0.05, 0.1) is 10.9 Å². The molecule has 1 rings (SSSR count). The Bertz CT molecular complexity index is 423. The lowest BCUT2D eigenvalue weighted by atomic mass is 9.93. The molecule has 6 nitrogen and oxygen atoms in total. The van der Waals surface area contributed by atoms with Crippen molar-refractivity contribution in [1.29, 1.82) is 0 Å². The first-order valence-electron chi connectivity index (χ1n) is 7.47. The number of carbonyl (C=O) groups excluding carboxylic acids is 2. The summed E-state index contributed by atoms with van der Waals surface area (Å²) in [5.74, 6) is -2.04. The summed E-state index contributed by atoms with van der Waals surface area (Å²) in [6, 6.07) is 0. The van der Waals surface area contributed by atoms with Crippen LogP contribution in [0.5, 0.6) is 0 Å². The Labute approximate surface area is 146 Å². The van der Waals surface area contributed by atoms with Gasteiger partial charge in [0.1, 0.15) is 0 Å². The van der Waals surface area contributed by atoms with E-state index < -0.39 is 34.9 Å². The van der Waals surface area contributed by atoms with Gasteiger partial charge in [-0.1, -0.05) is 0 Å². The summed E-state index contributed by atoms with van der Waals surface area (Å²) >= 11 is 2.85. The number of aliphatic hydroxyl groups is 1. The maximum atomic E-state index is 12.1. The third-order valence-corrected chi connectivity index (χ3v) is 4.84. The van der Waals surface area contributed by atoms with Crippen LogP contribution in [0.1, 0.15) is 40.0 Å². The number of rotatable bonds is 8. The van der Waals surface area contributed by atoms with Crippen LogP contribution in [0.4, 0.5) is 0 Å². The van der Waals surface area contributed by atoms with E-state index in [9.17, 15) is 14.7 Å². The molecule has 0 aromatic carbocycles. The van der Waals surface area contributed by atoms with Crippen molar-refractivity contribution < 1.29 is 28.9 Å². The lowest BCUT2D eigenvalue weighted by molar-refractivity contribution is -0.360. The highest BCUT2D eigenvalue weighted by Gasteiger charge is 2.59. The Morgan fingerprint density at radius 1 is 1.43 bits per heavy atom. The number of aliphatic hydroxyl groups excluding tert-OH is 1. The molecular weight excluding hydrogens is 340 g/mol. The molecule has 0 amide bonds. The molecule has 0 bridgehead atoms. The molecule has 1 aliphatic heterocycles. The second kappa shape index (κ2) is 8.60. The minimum absolute atomic E-state index is 0.0240. The Morgan fingerprint density at radius 2 is 2.09 bits per heavy atom. The monoisotopic (exact) mass is 366 g/mol. The largest absolute Gasteiger partial charge is 0.397 e. The van der Waals surface area contributed by atoms with E-state index in [-0.39, 0.29) is 12.8 Å². The summed E-state index contributed by atoms with van der Waals surface area (Å²) in [6.45, 7) is 5.34. The Morgan fingerprint density at radius 3 is 2.61 bits per heavy atom. The van der Waals surface area contributed by atoms with E-state index in [0.717, 1.165) is 5.75 Å². The fourth-order valence-corrected chi connectivity index (χ4v) is 2.75. The first kappa shape index (κ1) is 20.6. The van der Waals surface area contributed by atoms with Crippen molar-refractivity contribution in [3.8, 4) is 0 Å². The van der Waals surface area contributed by atoms with Crippen LogP contribution in [0.15, 0.2) is 0 Å². The van der Waals surface area contributed by atoms with Crippen molar-refractivity contribution in [3.05, 3.63) is 0 Å². The van der Waals surface area contributed by atoms with E-state index in [2.05, 4.69) is 0 Å². The molecule has 8 heteroatoms. The molecule has 1 heterocycles. The predicted molar refractivity (Wildman–Crippen MR) is 91.0 cm³/mol. The van der Waals surface area contributed by atoms with Gasteiger partial charge in [-0.2, -0.15) is 11.8 Å². The van der Waals surface area contributed by atoms with Gasteiger partial charge < -0.3 is 14.6 Å². The van der Waals surface area contributed by atoms with Crippen molar-refractivity contribution in [3.63, 3.8) is 0 Å². The number of thioether (sulfide) groups is 2. The number of ether oxygens (including phenoxy) is 3. The quantitative estimate of drug-likeness (QED) is 0.518. The van der Waals surface area contributed by atoms with Crippen molar-refractivity contribution in [2.24, 2.45) is 5.41 Å². The van der Waals surface area contributed by atoms with E-state index in [1.165, 1.54) is 11.8 Å². The molecule has 0 saturated carbocycles. The average Bonchev–Trinajstić information content (AvgIpc) is 2.79. The second-order valence-electron chi connectivity index (χ2n) is 6.32. The van der Waals surface area contributed by atoms with E-state index in [4.69, 9.17) is 14.2 Å². The Hall–Kier alpha value is -0.440. The molecule has 23 heavy (non-hydrogen) atoms. The summed E-state index contributed by atoms with van der Waals surface area (Å²) in [7, 11) is 0. The Balaban J connectivity index is 2.78. The maximum absolute atomic E-state index is 12.1. The zero-order chi connectivity index (χ0) is 17.7. The van der Waals surface area contributed by atoms with Crippen LogP contribution in [0.2, 0.25) is 0 Å². The average molecular weight is 367 g/mol. The van der Waals surface area contributed by atoms with Crippen LogP contribution in [0, 0.1) is 5.41 Å². The first-order chi connectivity index (χ1) is 10.6. The number of carbonyl (C=O) groups is 2. The lowest BCUT2D eigenvalue weighted by Crippen LogP contribution is -2.48. The zero-order valence-electron chi connectivity index (χ0n) is 14.3. The summed E-state index contributed by atoms with van der Waals surface area (Å²) in [6.07, 6.45) is 3.76. The molecule has 0 aromatic heterocycles. The summed E-state index contributed by atoms with van der Waals surface area (Å²) in [5, 5.41) is 9.51. The molecule has 1 saturated heterocycles. The molecule has 1 fully saturated rings. The van der Waals surface area contributed by atoms with Crippen LogP contribution in [-0.2, 0) is 23.8 Å². The Kier molecular flexibility index (Phi) is 7.70. The molecular formula is C15H26O6S2. The zero-order valence-corrected chi connectivity index (χ0v) is 15.9. The number of cyclic esters (lactones) is 1. The van der Waals surface area contributed by atoms with Crippen molar-refractivity contribution in [2.45, 2.75) is 57.5 Å². The minimum atomic E-state index is -1.71. The van der Waals surface area contributed by atoms with Gasteiger partial charge in [-0.15, -0.1) is 11.8 Å². The van der Waals surface area contributed by atoms with Crippen LogP contribution in [-0.4, -0.2) is 52.8 Å². The van der Waals surface area contributed by atoms with Crippen molar-refractivity contribution in [1.82, 2.24) is 0 Å². The van der Waals surface area contributed by atoms with E-state index >= 15 is 0 Å². The van der Waals surface area contributed by atoms with Gasteiger partial charge in [-0.05, 0) is 51.9 Å². The van der Waals surface area contributed by atoms with Crippen molar-refractivity contribution >= 4 is 35.5 Å². The molecule has 1 aliphatic rings. The minimum Gasteiger partial charge on any atom is -0.397 e. The smallest absolute Gasteiger partial charge is 0.381 e. The molecule has 1 N–H and O–H groups in total.